The number of rotatable bonds is 4. The second-order valence-electron chi connectivity index (χ2n) is 4.82. The number of esters is 1. The van der Waals surface area contributed by atoms with Crippen LogP contribution in [0.3, 0.4) is 0 Å². The zero-order chi connectivity index (χ0) is 16.4. The molecular weight excluding hydrogens is 314 g/mol. The maximum absolute atomic E-state index is 11.8. The van der Waals surface area contributed by atoms with Crippen molar-refractivity contribution >= 4 is 17.3 Å². The van der Waals surface area contributed by atoms with Gasteiger partial charge in [-0.05, 0) is 37.3 Å². The average Bonchev–Trinajstić information content (AvgIpc) is 3.20. The summed E-state index contributed by atoms with van der Waals surface area (Å²) in [6.07, 6.45) is 0. The van der Waals surface area contributed by atoms with E-state index in [0.29, 0.717) is 10.8 Å². The fraction of sp³-hybridized carbons (Fsp3) is 0.188. The minimum absolute atomic E-state index is 0.362. The quantitative estimate of drug-likeness (QED) is 0.688. The molecule has 6 nitrogen and oxygen atoms in total. The van der Waals surface area contributed by atoms with Gasteiger partial charge in [0.1, 0.15) is 5.75 Å². The lowest BCUT2D eigenvalue weighted by atomic mass is 10.2. The Morgan fingerprint density at radius 1 is 1.22 bits per heavy atom. The summed E-state index contributed by atoms with van der Waals surface area (Å²) in [6.45, 7) is 1.82. The summed E-state index contributed by atoms with van der Waals surface area (Å²) in [4.78, 5) is 16.4. The van der Waals surface area contributed by atoms with Crippen molar-refractivity contribution in [3.63, 3.8) is 0 Å². The summed E-state index contributed by atoms with van der Waals surface area (Å²) in [7, 11) is 2.98. The molecule has 0 aliphatic heterocycles. The molecule has 2 aromatic heterocycles. The van der Waals surface area contributed by atoms with Crippen LogP contribution < -0.4 is 4.74 Å². The molecule has 0 saturated carbocycles. The molecule has 7 heteroatoms. The topological polar surface area (TPSA) is 66.2 Å². The maximum atomic E-state index is 11.8. The van der Waals surface area contributed by atoms with Crippen LogP contribution in [0.15, 0.2) is 35.7 Å². The minimum atomic E-state index is -0.438. The van der Waals surface area contributed by atoms with Crippen LogP contribution in [0, 0.1) is 6.92 Å². The molecule has 0 atom stereocenters. The Morgan fingerprint density at radius 3 is 2.61 bits per heavy atom. The van der Waals surface area contributed by atoms with Gasteiger partial charge in [0, 0.05) is 10.9 Å². The number of thiazole rings is 1. The van der Waals surface area contributed by atoms with Crippen molar-refractivity contribution in [3.8, 4) is 22.1 Å². The third kappa shape index (κ3) is 2.95. The minimum Gasteiger partial charge on any atom is -0.497 e. The van der Waals surface area contributed by atoms with E-state index in [1.54, 1.807) is 13.2 Å². The standard InChI is InChI=1S/C16H15N3O3S/c1-10-8-14(15(20)22-3)19(18-10)16-17-13(9-23-16)11-4-6-12(21-2)7-5-11/h4-9H,1-3H3. The van der Waals surface area contributed by atoms with Gasteiger partial charge < -0.3 is 9.47 Å². The zero-order valence-corrected chi connectivity index (χ0v) is 13.8. The Kier molecular flexibility index (Phi) is 4.12. The predicted octanol–water partition coefficient (Wildman–Crippen LogP) is 3.10. The Hall–Kier alpha value is -2.67. The molecule has 0 spiro atoms. The zero-order valence-electron chi connectivity index (χ0n) is 12.9. The van der Waals surface area contributed by atoms with Crippen LogP contribution in [0.25, 0.3) is 16.4 Å². The number of carbonyl (C=O) groups excluding carboxylic acids is 1. The first-order valence-corrected chi connectivity index (χ1v) is 7.75. The number of carbonyl (C=O) groups is 1. The highest BCUT2D eigenvalue weighted by Gasteiger charge is 2.18. The summed E-state index contributed by atoms with van der Waals surface area (Å²) in [5, 5.41) is 6.87. The largest absolute Gasteiger partial charge is 0.497 e. The molecule has 0 aliphatic carbocycles. The van der Waals surface area contributed by atoms with E-state index in [4.69, 9.17) is 9.47 Å². The van der Waals surface area contributed by atoms with E-state index in [9.17, 15) is 4.79 Å². The number of ether oxygens (including phenoxy) is 2. The molecule has 2 heterocycles. The van der Waals surface area contributed by atoms with Crippen molar-refractivity contribution in [2.45, 2.75) is 6.92 Å². The van der Waals surface area contributed by atoms with Crippen molar-refractivity contribution in [1.29, 1.82) is 0 Å². The van der Waals surface area contributed by atoms with Gasteiger partial charge in [-0.1, -0.05) is 0 Å². The SMILES string of the molecule is COC(=O)c1cc(C)nn1-c1nc(-c2ccc(OC)cc2)cs1. The number of aromatic nitrogens is 3. The molecule has 0 unspecified atom stereocenters. The highest BCUT2D eigenvalue weighted by atomic mass is 32.1. The Balaban J connectivity index is 1.97. The summed E-state index contributed by atoms with van der Waals surface area (Å²) in [6, 6.07) is 9.32. The van der Waals surface area contributed by atoms with E-state index in [1.165, 1.54) is 23.1 Å². The molecule has 3 rings (SSSR count). The van der Waals surface area contributed by atoms with Crippen LogP contribution in [0.4, 0.5) is 0 Å². The van der Waals surface area contributed by atoms with Gasteiger partial charge in [-0.2, -0.15) is 9.78 Å². The number of methoxy groups -OCH3 is 2. The number of aryl methyl sites for hydroxylation is 1. The van der Waals surface area contributed by atoms with E-state index in [0.717, 1.165) is 22.7 Å². The Labute approximate surface area is 137 Å². The molecule has 1 aromatic carbocycles. The smallest absolute Gasteiger partial charge is 0.356 e. The van der Waals surface area contributed by atoms with Gasteiger partial charge in [0.15, 0.2) is 5.69 Å². The van der Waals surface area contributed by atoms with Crippen molar-refractivity contribution in [1.82, 2.24) is 14.8 Å². The van der Waals surface area contributed by atoms with E-state index >= 15 is 0 Å². The lowest BCUT2D eigenvalue weighted by molar-refractivity contribution is 0.0590. The van der Waals surface area contributed by atoms with Gasteiger partial charge in [-0.3, -0.25) is 0 Å². The van der Waals surface area contributed by atoms with Crippen molar-refractivity contribution in [2.75, 3.05) is 14.2 Å². The highest BCUT2D eigenvalue weighted by molar-refractivity contribution is 7.12. The normalized spacial score (nSPS) is 10.6. The van der Waals surface area contributed by atoms with Gasteiger partial charge in [0.2, 0.25) is 5.13 Å². The van der Waals surface area contributed by atoms with Crippen LogP contribution in [0.2, 0.25) is 0 Å². The number of hydrogen-bond acceptors (Lipinski definition) is 6. The van der Waals surface area contributed by atoms with Gasteiger partial charge in [-0.25, -0.2) is 9.78 Å². The molecule has 0 bridgehead atoms. The molecule has 0 fully saturated rings. The molecule has 118 valence electrons. The van der Waals surface area contributed by atoms with Crippen molar-refractivity contribution in [2.24, 2.45) is 0 Å². The fourth-order valence-electron chi connectivity index (χ4n) is 2.15. The number of benzene rings is 1. The predicted molar refractivity (Wildman–Crippen MR) is 87.3 cm³/mol. The lowest BCUT2D eigenvalue weighted by Gasteiger charge is -2.02. The summed E-state index contributed by atoms with van der Waals surface area (Å²) >= 11 is 1.41. The van der Waals surface area contributed by atoms with E-state index in [1.807, 2.05) is 36.6 Å². The second-order valence-corrected chi connectivity index (χ2v) is 5.65. The summed E-state index contributed by atoms with van der Waals surface area (Å²) < 4.78 is 11.5. The highest BCUT2D eigenvalue weighted by Crippen LogP contribution is 2.26. The monoisotopic (exact) mass is 329 g/mol. The van der Waals surface area contributed by atoms with Crippen LogP contribution in [-0.2, 0) is 4.74 Å². The van der Waals surface area contributed by atoms with Crippen molar-refractivity contribution < 1.29 is 14.3 Å². The number of nitrogens with zero attached hydrogens (tertiary/aromatic N) is 3. The first-order valence-electron chi connectivity index (χ1n) is 6.87. The van der Waals surface area contributed by atoms with E-state index in [2.05, 4.69) is 10.1 Å². The number of hydrogen-bond donors (Lipinski definition) is 0. The third-order valence-corrected chi connectivity index (χ3v) is 4.10. The Bertz CT molecular complexity index is 837. The second kappa shape index (κ2) is 6.21. The van der Waals surface area contributed by atoms with Crippen LogP contribution in [-0.4, -0.2) is 35.0 Å². The van der Waals surface area contributed by atoms with Crippen LogP contribution >= 0.6 is 11.3 Å². The lowest BCUT2D eigenvalue weighted by Crippen LogP contribution is -2.10. The van der Waals surface area contributed by atoms with Crippen LogP contribution in [0.5, 0.6) is 5.75 Å². The third-order valence-electron chi connectivity index (χ3n) is 3.29. The first kappa shape index (κ1) is 15.2. The summed E-state index contributed by atoms with van der Waals surface area (Å²) in [5.74, 6) is 0.353. The van der Waals surface area contributed by atoms with E-state index in [-0.39, 0.29) is 0 Å². The molecular formula is C16H15N3O3S. The van der Waals surface area contributed by atoms with Gasteiger partial charge in [0.25, 0.3) is 0 Å². The molecule has 3 aromatic rings. The van der Waals surface area contributed by atoms with Gasteiger partial charge in [-0.15, -0.1) is 11.3 Å². The average molecular weight is 329 g/mol. The maximum Gasteiger partial charge on any atom is 0.356 e. The molecule has 0 radical (unpaired) electrons. The van der Waals surface area contributed by atoms with Gasteiger partial charge >= 0.3 is 5.97 Å². The fourth-order valence-corrected chi connectivity index (χ4v) is 2.95. The molecule has 0 N–H and O–H groups in total. The Morgan fingerprint density at radius 2 is 1.96 bits per heavy atom. The molecule has 0 amide bonds. The molecule has 0 aliphatic rings. The van der Waals surface area contributed by atoms with E-state index < -0.39 is 5.97 Å². The summed E-state index contributed by atoms with van der Waals surface area (Å²) in [5.41, 5.74) is 2.88. The van der Waals surface area contributed by atoms with Crippen molar-refractivity contribution in [3.05, 3.63) is 47.1 Å². The first-order chi connectivity index (χ1) is 11.1. The van der Waals surface area contributed by atoms with Gasteiger partial charge in [0.05, 0.1) is 25.6 Å². The molecule has 0 saturated heterocycles. The molecule has 23 heavy (non-hydrogen) atoms. The van der Waals surface area contributed by atoms with Crippen LogP contribution in [0.1, 0.15) is 16.2 Å².